The maximum absolute atomic E-state index is 12.1. The van der Waals surface area contributed by atoms with Gasteiger partial charge in [-0.05, 0) is 30.9 Å². The van der Waals surface area contributed by atoms with E-state index in [1.807, 2.05) is 30.3 Å². The van der Waals surface area contributed by atoms with Gasteiger partial charge < -0.3 is 9.84 Å². The Kier molecular flexibility index (Phi) is 5.98. The average molecular weight is 314 g/mol. The topological polar surface area (TPSA) is 78.9 Å². The lowest BCUT2D eigenvalue weighted by molar-refractivity contribution is 0.164. The largest absolute Gasteiger partial charge is 0.492 e. The molecule has 1 fully saturated rings. The Balaban J connectivity index is 1.76. The van der Waals surface area contributed by atoms with Gasteiger partial charge in [0.25, 0.3) is 10.2 Å². The third-order valence-corrected chi connectivity index (χ3v) is 5.06. The van der Waals surface area contributed by atoms with Crippen LogP contribution in [-0.2, 0) is 10.2 Å². The highest BCUT2D eigenvalue weighted by Crippen LogP contribution is 2.17. The number of para-hydroxylation sites is 1. The summed E-state index contributed by atoms with van der Waals surface area (Å²) >= 11 is 0. The zero-order valence-corrected chi connectivity index (χ0v) is 12.8. The van der Waals surface area contributed by atoms with Crippen LogP contribution in [0.4, 0.5) is 0 Å². The summed E-state index contributed by atoms with van der Waals surface area (Å²) in [6, 6.07) is 9.27. The van der Waals surface area contributed by atoms with Crippen LogP contribution in [-0.4, -0.2) is 50.7 Å². The Morgan fingerprint density at radius 1 is 1.33 bits per heavy atom. The molecule has 6 nitrogen and oxygen atoms in total. The fourth-order valence-electron chi connectivity index (χ4n) is 2.34. The van der Waals surface area contributed by atoms with E-state index >= 15 is 0 Å². The fraction of sp³-hybridized carbons (Fsp3) is 0.571. The molecule has 1 aromatic rings. The SMILES string of the molecule is O=S(=O)(NCCOc1ccccc1)N1CCCC(CO)C1. The Morgan fingerprint density at radius 3 is 2.81 bits per heavy atom. The van der Waals surface area contributed by atoms with E-state index in [1.165, 1.54) is 4.31 Å². The van der Waals surface area contributed by atoms with Crippen molar-refractivity contribution >= 4 is 10.2 Å². The van der Waals surface area contributed by atoms with Crippen molar-refractivity contribution in [3.8, 4) is 5.75 Å². The van der Waals surface area contributed by atoms with E-state index in [9.17, 15) is 8.42 Å². The number of ether oxygens (including phenoxy) is 1. The third-order valence-electron chi connectivity index (χ3n) is 3.48. The molecule has 2 rings (SSSR count). The Bertz CT molecular complexity index is 521. The van der Waals surface area contributed by atoms with Gasteiger partial charge in [-0.25, -0.2) is 0 Å². The number of benzene rings is 1. The first-order valence-electron chi connectivity index (χ1n) is 7.15. The molecule has 0 aliphatic carbocycles. The average Bonchev–Trinajstić information content (AvgIpc) is 2.53. The summed E-state index contributed by atoms with van der Waals surface area (Å²) in [6.45, 7) is 1.41. The van der Waals surface area contributed by atoms with Crippen molar-refractivity contribution in [3.05, 3.63) is 30.3 Å². The molecule has 1 heterocycles. The molecule has 1 aliphatic heterocycles. The molecule has 118 valence electrons. The summed E-state index contributed by atoms with van der Waals surface area (Å²) in [6.07, 6.45) is 1.66. The van der Waals surface area contributed by atoms with E-state index in [2.05, 4.69) is 4.72 Å². The zero-order valence-electron chi connectivity index (χ0n) is 11.9. The molecule has 0 saturated carbocycles. The molecule has 0 radical (unpaired) electrons. The van der Waals surface area contributed by atoms with Crippen LogP contribution in [0.5, 0.6) is 5.75 Å². The number of rotatable bonds is 7. The van der Waals surface area contributed by atoms with E-state index in [4.69, 9.17) is 9.84 Å². The second-order valence-corrected chi connectivity index (χ2v) is 6.86. The van der Waals surface area contributed by atoms with Crippen LogP contribution in [0.1, 0.15) is 12.8 Å². The monoisotopic (exact) mass is 314 g/mol. The maximum atomic E-state index is 12.1. The molecule has 0 amide bonds. The quantitative estimate of drug-likeness (QED) is 0.723. The first-order chi connectivity index (χ1) is 10.1. The number of piperidine rings is 1. The van der Waals surface area contributed by atoms with Gasteiger partial charge in [-0.3, -0.25) is 0 Å². The highest BCUT2D eigenvalue weighted by Gasteiger charge is 2.28. The zero-order chi connectivity index (χ0) is 15.1. The molecule has 1 atom stereocenters. The van der Waals surface area contributed by atoms with Crippen molar-refractivity contribution in [1.82, 2.24) is 9.03 Å². The van der Waals surface area contributed by atoms with Crippen LogP contribution in [0.25, 0.3) is 0 Å². The van der Waals surface area contributed by atoms with Gasteiger partial charge in [0.2, 0.25) is 0 Å². The molecule has 2 N–H and O–H groups in total. The minimum atomic E-state index is -3.49. The van der Waals surface area contributed by atoms with Gasteiger partial charge >= 0.3 is 0 Å². The summed E-state index contributed by atoms with van der Waals surface area (Å²) in [5.74, 6) is 0.755. The summed E-state index contributed by atoms with van der Waals surface area (Å²) in [4.78, 5) is 0. The van der Waals surface area contributed by atoms with E-state index in [0.29, 0.717) is 13.1 Å². The standard InChI is InChI=1S/C14H22N2O4S/c17-12-13-5-4-9-16(11-13)21(18,19)15-8-10-20-14-6-2-1-3-7-14/h1-3,6-7,13,15,17H,4-5,8-12H2. The number of aliphatic hydroxyl groups excluding tert-OH is 1. The molecular formula is C14H22N2O4S. The maximum Gasteiger partial charge on any atom is 0.279 e. The highest BCUT2D eigenvalue weighted by molar-refractivity contribution is 7.87. The molecule has 7 heteroatoms. The van der Waals surface area contributed by atoms with Gasteiger partial charge in [-0.1, -0.05) is 18.2 Å². The lowest BCUT2D eigenvalue weighted by atomic mass is 10.0. The predicted octanol–water partition coefficient (Wildman–Crippen LogP) is 0.604. The summed E-state index contributed by atoms with van der Waals surface area (Å²) < 4.78 is 33.7. The van der Waals surface area contributed by atoms with Gasteiger partial charge in [0.1, 0.15) is 12.4 Å². The first-order valence-corrected chi connectivity index (χ1v) is 8.59. The van der Waals surface area contributed by atoms with Gasteiger partial charge in [-0.2, -0.15) is 17.4 Å². The van der Waals surface area contributed by atoms with Crippen molar-refractivity contribution in [1.29, 1.82) is 0 Å². The number of aliphatic hydroxyl groups is 1. The second-order valence-electron chi connectivity index (χ2n) is 5.11. The van der Waals surface area contributed by atoms with Gasteiger partial charge in [-0.15, -0.1) is 0 Å². The predicted molar refractivity (Wildman–Crippen MR) is 80.2 cm³/mol. The van der Waals surface area contributed by atoms with E-state index in [-0.39, 0.29) is 25.7 Å². The van der Waals surface area contributed by atoms with Crippen LogP contribution < -0.4 is 9.46 Å². The van der Waals surface area contributed by atoms with Crippen molar-refractivity contribution in [2.24, 2.45) is 5.92 Å². The molecule has 1 aliphatic rings. The van der Waals surface area contributed by atoms with E-state index in [0.717, 1.165) is 18.6 Å². The Morgan fingerprint density at radius 2 is 2.10 bits per heavy atom. The van der Waals surface area contributed by atoms with Gasteiger partial charge in [0.15, 0.2) is 0 Å². The van der Waals surface area contributed by atoms with Crippen LogP contribution in [0, 0.1) is 5.92 Å². The van der Waals surface area contributed by atoms with Crippen molar-refractivity contribution in [3.63, 3.8) is 0 Å². The molecule has 0 aromatic heterocycles. The van der Waals surface area contributed by atoms with Crippen LogP contribution >= 0.6 is 0 Å². The van der Waals surface area contributed by atoms with Crippen LogP contribution in [0.15, 0.2) is 30.3 Å². The number of hydrogen-bond acceptors (Lipinski definition) is 4. The van der Waals surface area contributed by atoms with Crippen molar-refractivity contribution in [2.75, 3.05) is 32.8 Å². The van der Waals surface area contributed by atoms with Crippen molar-refractivity contribution < 1.29 is 18.3 Å². The third kappa shape index (κ3) is 4.96. The van der Waals surface area contributed by atoms with Crippen molar-refractivity contribution in [2.45, 2.75) is 12.8 Å². The number of nitrogens with zero attached hydrogens (tertiary/aromatic N) is 1. The van der Waals surface area contributed by atoms with Crippen LogP contribution in [0.2, 0.25) is 0 Å². The van der Waals surface area contributed by atoms with E-state index < -0.39 is 10.2 Å². The fourth-order valence-corrected chi connectivity index (χ4v) is 3.64. The normalized spacial score (nSPS) is 20.3. The molecule has 0 bridgehead atoms. The minimum Gasteiger partial charge on any atom is -0.492 e. The van der Waals surface area contributed by atoms with Crippen LogP contribution in [0.3, 0.4) is 0 Å². The Labute approximate surface area is 125 Å². The molecule has 1 unspecified atom stereocenters. The number of nitrogens with one attached hydrogen (secondary N) is 1. The summed E-state index contributed by atoms with van der Waals surface area (Å²) in [5, 5.41) is 9.15. The molecule has 0 spiro atoms. The minimum absolute atomic E-state index is 0.0309. The lowest BCUT2D eigenvalue weighted by Crippen LogP contribution is -2.47. The second kappa shape index (κ2) is 7.74. The van der Waals surface area contributed by atoms with Gasteiger partial charge in [0, 0.05) is 26.2 Å². The molecule has 21 heavy (non-hydrogen) atoms. The smallest absolute Gasteiger partial charge is 0.279 e. The first kappa shape index (κ1) is 16.2. The molecular weight excluding hydrogens is 292 g/mol. The summed E-state index contributed by atoms with van der Waals surface area (Å²) in [5.41, 5.74) is 0. The highest BCUT2D eigenvalue weighted by atomic mass is 32.2. The molecule has 1 saturated heterocycles. The van der Waals surface area contributed by atoms with E-state index in [1.54, 1.807) is 0 Å². The lowest BCUT2D eigenvalue weighted by Gasteiger charge is -2.30. The van der Waals surface area contributed by atoms with Gasteiger partial charge in [0.05, 0.1) is 0 Å². The molecule has 1 aromatic carbocycles. The number of hydrogen-bond donors (Lipinski definition) is 2. The summed E-state index contributed by atoms with van der Waals surface area (Å²) in [7, 11) is -3.49. The Hall–Kier alpha value is -1.15.